The van der Waals surface area contributed by atoms with Crippen LogP contribution >= 0.6 is 23.8 Å². The topological polar surface area (TPSA) is 36.3 Å². The molecule has 2 heterocycles. The summed E-state index contributed by atoms with van der Waals surface area (Å²) in [5.41, 5.74) is 4.76. The summed E-state index contributed by atoms with van der Waals surface area (Å²) in [7, 11) is 0. The molecule has 2 aromatic carbocycles. The van der Waals surface area contributed by atoms with Crippen molar-refractivity contribution in [3.05, 3.63) is 82.6 Å². The van der Waals surface area contributed by atoms with Crippen LogP contribution in [-0.4, -0.2) is 50.9 Å². The molecule has 1 aliphatic heterocycles. The molecule has 5 nitrogen and oxygen atoms in total. The van der Waals surface area contributed by atoms with E-state index in [2.05, 4.69) is 63.5 Å². The van der Waals surface area contributed by atoms with Gasteiger partial charge in [0.25, 0.3) is 0 Å². The summed E-state index contributed by atoms with van der Waals surface area (Å²) in [6.45, 7) is 7.61. The summed E-state index contributed by atoms with van der Waals surface area (Å²) in [6, 6.07) is 16.5. The van der Waals surface area contributed by atoms with Gasteiger partial charge in [0, 0.05) is 43.9 Å². The van der Waals surface area contributed by atoms with E-state index in [0.29, 0.717) is 0 Å². The zero-order valence-corrected chi connectivity index (χ0v) is 18.7. The second kappa shape index (κ2) is 9.60. The standard InChI is InChI=1S/C23H26ClN5S/c1-18-4-2-3-5-20(18)16-29-17-22(14-25-29)26-23(30)28-12-10-27(11-13-28)15-19-6-8-21(24)9-7-19/h2-9,14,17H,10-13,15-16H2,1H3,(H,26,30). The molecule has 0 saturated carbocycles. The van der Waals surface area contributed by atoms with Crippen LogP contribution in [0.15, 0.2) is 60.9 Å². The highest BCUT2D eigenvalue weighted by molar-refractivity contribution is 7.80. The van der Waals surface area contributed by atoms with Crippen molar-refractivity contribution in [3.8, 4) is 0 Å². The SMILES string of the molecule is Cc1ccccc1Cn1cc(NC(=S)N2CCN(Cc3ccc(Cl)cc3)CC2)cn1. The molecule has 0 atom stereocenters. The molecule has 0 bridgehead atoms. The first-order valence-corrected chi connectivity index (χ1v) is 10.9. The van der Waals surface area contributed by atoms with Crippen LogP contribution in [0.25, 0.3) is 0 Å². The number of hydrogen-bond donors (Lipinski definition) is 1. The summed E-state index contributed by atoms with van der Waals surface area (Å²) in [5, 5.41) is 9.36. The fourth-order valence-electron chi connectivity index (χ4n) is 3.64. The van der Waals surface area contributed by atoms with Crippen LogP contribution in [0.1, 0.15) is 16.7 Å². The molecule has 4 rings (SSSR count). The quantitative estimate of drug-likeness (QED) is 0.596. The lowest BCUT2D eigenvalue weighted by atomic mass is 10.1. The Balaban J connectivity index is 1.26. The van der Waals surface area contributed by atoms with Crippen LogP contribution < -0.4 is 5.32 Å². The van der Waals surface area contributed by atoms with E-state index in [0.717, 1.165) is 55.1 Å². The average molecular weight is 440 g/mol. The van der Waals surface area contributed by atoms with Gasteiger partial charge in [0.05, 0.1) is 18.4 Å². The van der Waals surface area contributed by atoms with Gasteiger partial charge in [-0.1, -0.05) is 48.0 Å². The number of rotatable bonds is 5. The molecule has 3 aromatic rings. The van der Waals surface area contributed by atoms with Crippen molar-refractivity contribution in [2.75, 3.05) is 31.5 Å². The van der Waals surface area contributed by atoms with Crippen molar-refractivity contribution < 1.29 is 0 Å². The lowest BCUT2D eigenvalue weighted by Gasteiger charge is -2.36. The van der Waals surface area contributed by atoms with Gasteiger partial charge in [0.15, 0.2) is 5.11 Å². The molecule has 0 aliphatic carbocycles. The maximum atomic E-state index is 5.98. The Bertz CT molecular complexity index is 993. The maximum Gasteiger partial charge on any atom is 0.173 e. The fourth-order valence-corrected chi connectivity index (χ4v) is 4.06. The first-order valence-electron chi connectivity index (χ1n) is 10.2. The number of anilines is 1. The summed E-state index contributed by atoms with van der Waals surface area (Å²) in [4.78, 5) is 4.68. The predicted molar refractivity (Wildman–Crippen MR) is 127 cm³/mol. The molecule has 0 spiro atoms. The maximum absolute atomic E-state index is 5.98. The Morgan fingerprint density at radius 2 is 1.77 bits per heavy atom. The molecular formula is C23H26ClN5S. The third kappa shape index (κ3) is 5.39. The van der Waals surface area contributed by atoms with E-state index in [1.54, 1.807) is 0 Å². The third-order valence-electron chi connectivity index (χ3n) is 5.46. The van der Waals surface area contributed by atoms with Gasteiger partial charge in [-0.15, -0.1) is 0 Å². The van der Waals surface area contributed by atoms with E-state index in [4.69, 9.17) is 23.8 Å². The Morgan fingerprint density at radius 3 is 2.50 bits per heavy atom. The van der Waals surface area contributed by atoms with E-state index in [9.17, 15) is 0 Å². The van der Waals surface area contributed by atoms with E-state index >= 15 is 0 Å². The normalized spacial score (nSPS) is 14.7. The number of hydrogen-bond acceptors (Lipinski definition) is 3. The van der Waals surface area contributed by atoms with Crippen LogP contribution in [0.4, 0.5) is 5.69 Å². The minimum Gasteiger partial charge on any atom is -0.346 e. The van der Waals surface area contributed by atoms with Crippen molar-refractivity contribution in [1.29, 1.82) is 0 Å². The van der Waals surface area contributed by atoms with E-state index in [1.165, 1.54) is 16.7 Å². The molecule has 30 heavy (non-hydrogen) atoms. The molecule has 1 aromatic heterocycles. The number of aromatic nitrogens is 2. The smallest absolute Gasteiger partial charge is 0.173 e. The van der Waals surface area contributed by atoms with Gasteiger partial charge in [-0.2, -0.15) is 5.10 Å². The Hall–Kier alpha value is -2.41. The Kier molecular flexibility index (Phi) is 6.67. The number of nitrogens with zero attached hydrogens (tertiary/aromatic N) is 4. The van der Waals surface area contributed by atoms with E-state index in [-0.39, 0.29) is 0 Å². The minimum atomic E-state index is 0.754. The van der Waals surface area contributed by atoms with Crippen LogP contribution in [-0.2, 0) is 13.1 Å². The van der Waals surface area contributed by atoms with Crippen LogP contribution in [0.5, 0.6) is 0 Å². The van der Waals surface area contributed by atoms with E-state index in [1.807, 2.05) is 29.2 Å². The Labute approximate surface area is 188 Å². The van der Waals surface area contributed by atoms with Gasteiger partial charge in [0.1, 0.15) is 0 Å². The number of piperazine rings is 1. The van der Waals surface area contributed by atoms with Gasteiger partial charge >= 0.3 is 0 Å². The highest BCUT2D eigenvalue weighted by atomic mass is 35.5. The lowest BCUT2D eigenvalue weighted by molar-refractivity contribution is 0.177. The summed E-state index contributed by atoms with van der Waals surface area (Å²) in [5.74, 6) is 0. The van der Waals surface area contributed by atoms with Gasteiger partial charge in [-0.05, 0) is 48.0 Å². The fraction of sp³-hybridized carbons (Fsp3) is 0.304. The zero-order valence-electron chi connectivity index (χ0n) is 17.1. The number of nitrogens with one attached hydrogen (secondary N) is 1. The van der Waals surface area contributed by atoms with Crippen molar-refractivity contribution in [3.63, 3.8) is 0 Å². The third-order valence-corrected chi connectivity index (χ3v) is 6.07. The first-order chi connectivity index (χ1) is 14.6. The van der Waals surface area contributed by atoms with Gasteiger partial charge < -0.3 is 10.2 Å². The van der Waals surface area contributed by atoms with Crippen LogP contribution in [0.2, 0.25) is 5.02 Å². The average Bonchev–Trinajstić information content (AvgIpc) is 3.19. The lowest BCUT2D eigenvalue weighted by Crippen LogP contribution is -2.49. The van der Waals surface area contributed by atoms with Crippen molar-refractivity contribution in [1.82, 2.24) is 19.6 Å². The number of thiocarbonyl (C=S) groups is 1. The van der Waals surface area contributed by atoms with Crippen molar-refractivity contribution in [2.24, 2.45) is 0 Å². The number of halogens is 1. The molecule has 7 heteroatoms. The largest absolute Gasteiger partial charge is 0.346 e. The molecule has 0 radical (unpaired) electrons. The van der Waals surface area contributed by atoms with Gasteiger partial charge in [-0.25, -0.2) is 0 Å². The summed E-state index contributed by atoms with van der Waals surface area (Å²) in [6.07, 6.45) is 3.84. The zero-order chi connectivity index (χ0) is 20.9. The highest BCUT2D eigenvalue weighted by Crippen LogP contribution is 2.15. The molecule has 0 amide bonds. The number of benzene rings is 2. The molecule has 0 unspecified atom stereocenters. The highest BCUT2D eigenvalue weighted by Gasteiger charge is 2.19. The molecule has 1 aliphatic rings. The summed E-state index contributed by atoms with van der Waals surface area (Å²) < 4.78 is 1.94. The van der Waals surface area contributed by atoms with Gasteiger partial charge in [-0.3, -0.25) is 9.58 Å². The second-order valence-electron chi connectivity index (χ2n) is 7.67. The van der Waals surface area contributed by atoms with Crippen LogP contribution in [0.3, 0.4) is 0 Å². The molecule has 156 valence electrons. The predicted octanol–water partition coefficient (Wildman–Crippen LogP) is 4.41. The molecule has 1 fully saturated rings. The molecule has 1 N–H and O–H groups in total. The molecular weight excluding hydrogens is 414 g/mol. The van der Waals surface area contributed by atoms with Crippen LogP contribution in [0, 0.1) is 6.92 Å². The van der Waals surface area contributed by atoms with Crippen molar-refractivity contribution >= 4 is 34.6 Å². The minimum absolute atomic E-state index is 0.754. The van der Waals surface area contributed by atoms with E-state index < -0.39 is 0 Å². The van der Waals surface area contributed by atoms with Gasteiger partial charge in [0.2, 0.25) is 0 Å². The number of aryl methyl sites for hydroxylation is 1. The molecule has 1 saturated heterocycles. The first kappa shape index (κ1) is 20.8. The second-order valence-corrected chi connectivity index (χ2v) is 8.50. The van der Waals surface area contributed by atoms with Crippen molar-refractivity contribution in [2.45, 2.75) is 20.0 Å². The monoisotopic (exact) mass is 439 g/mol. The summed E-state index contributed by atoms with van der Waals surface area (Å²) >= 11 is 11.6. The Morgan fingerprint density at radius 1 is 1.03 bits per heavy atom.